The minimum absolute atomic E-state index is 0.129. The number of carbonyl (C=O) groups excluding carboxylic acids is 2. The number of hydrogen-bond acceptors (Lipinski definition) is 13. The van der Waals surface area contributed by atoms with E-state index in [1.165, 1.54) is 29.5 Å². The van der Waals surface area contributed by atoms with Gasteiger partial charge in [0.2, 0.25) is 0 Å². The summed E-state index contributed by atoms with van der Waals surface area (Å²) in [7, 11) is 0. The lowest BCUT2D eigenvalue weighted by molar-refractivity contribution is 0.101. The standard InChI is InChI=1S/C22H19N5O2.C19H17N7O2/c1-3-27-22(29)21(24-18-13-23-25-17-12-8-7-11-16(17)18)19(14(2)28)20(26-27)15-9-5-4-6-10-15;1-3-26-19(28)16(23-17-13-9-22-24-18(13)21-10-20-17)14(11(2)27)15(25-26)12-7-5-4-6-8-12/h4-13H,3H2,1-2H3,(H,24,25);4-10H,3H2,1-2H3,(H2,20,21,22,23,24). The van der Waals surface area contributed by atoms with E-state index < -0.39 is 5.56 Å². The molecule has 0 unspecified atom stereocenters. The fourth-order valence-corrected chi connectivity index (χ4v) is 6.31. The van der Waals surface area contributed by atoms with Crippen LogP contribution in [0.1, 0.15) is 48.4 Å². The third kappa shape index (κ3) is 7.51. The predicted molar refractivity (Wildman–Crippen MR) is 217 cm³/mol. The lowest BCUT2D eigenvalue weighted by Crippen LogP contribution is -2.28. The van der Waals surface area contributed by atoms with Crippen molar-refractivity contribution in [1.82, 2.24) is 49.9 Å². The molecule has 5 heterocycles. The topological polar surface area (TPSA) is 208 Å². The highest BCUT2D eigenvalue weighted by Crippen LogP contribution is 2.31. The number of carbonyl (C=O) groups is 2. The van der Waals surface area contributed by atoms with Gasteiger partial charge in [-0.25, -0.2) is 19.3 Å². The van der Waals surface area contributed by atoms with Crippen LogP contribution in [0, 0.1) is 0 Å². The van der Waals surface area contributed by atoms with Gasteiger partial charge in [-0.3, -0.25) is 24.3 Å². The molecule has 0 spiro atoms. The quantitative estimate of drug-likeness (QED) is 0.130. The summed E-state index contributed by atoms with van der Waals surface area (Å²) in [6.45, 7) is 7.24. The smallest absolute Gasteiger partial charge is 0.291 e. The van der Waals surface area contributed by atoms with Gasteiger partial charge >= 0.3 is 0 Å². The first-order valence-electron chi connectivity index (χ1n) is 18.0. The maximum atomic E-state index is 13.1. The molecule has 8 rings (SSSR count). The zero-order valence-electron chi connectivity index (χ0n) is 31.4. The summed E-state index contributed by atoms with van der Waals surface area (Å²) in [6, 6.07) is 26.1. The highest BCUT2D eigenvalue weighted by atomic mass is 16.1. The van der Waals surface area contributed by atoms with Gasteiger partial charge in [-0.2, -0.15) is 25.5 Å². The number of nitrogens with zero attached hydrogens (tertiary/aromatic N) is 9. The summed E-state index contributed by atoms with van der Waals surface area (Å²) in [5.41, 5.74) is 4.26. The van der Waals surface area contributed by atoms with Crippen LogP contribution in [0.3, 0.4) is 0 Å². The third-order valence-corrected chi connectivity index (χ3v) is 9.01. The van der Waals surface area contributed by atoms with Crippen LogP contribution >= 0.6 is 0 Å². The van der Waals surface area contributed by atoms with E-state index >= 15 is 0 Å². The zero-order valence-corrected chi connectivity index (χ0v) is 31.4. The first-order valence-corrected chi connectivity index (χ1v) is 18.0. The monoisotopic (exact) mass is 760 g/mol. The van der Waals surface area contributed by atoms with E-state index in [1.54, 1.807) is 12.4 Å². The van der Waals surface area contributed by atoms with E-state index in [-0.39, 0.29) is 39.6 Å². The molecule has 0 amide bonds. The number of H-pyrrole nitrogens is 1. The van der Waals surface area contributed by atoms with Crippen molar-refractivity contribution in [3.8, 4) is 22.5 Å². The van der Waals surface area contributed by atoms with E-state index in [0.29, 0.717) is 52.5 Å². The first kappa shape index (κ1) is 37.6. The average molecular weight is 761 g/mol. The molecule has 0 saturated heterocycles. The number of hydrogen-bond donors (Lipinski definition) is 3. The van der Waals surface area contributed by atoms with Gasteiger partial charge in [0.25, 0.3) is 11.1 Å². The van der Waals surface area contributed by atoms with Gasteiger partial charge in [0.15, 0.2) is 17.2 Å². The molecule has 5 aromatic heterocycles. The Labute approximate surface area is 324 Å². The minimum atomic E-state index is -0.400. The summed E-state index contributed by atoms with van der Waals surface area (Å²) < 4.78 is 2.68. The van der Waals surface area contributed by atoms with E-state index in [9.17, 15) is 19.2 Å². The number of aromatic amines is 1. The number of rotatable bonds is 10. The van der Waals surface area contributed by atoms with Crippen molar-refractivity contribution < 1.29 is 9.59 Å². The highest BCUT2D eigenvalue weighted by molar-refractivity contribution is 6.07. The van der Waals surface area contributed by atoms with Crippen LogP contribution < -0.4 is 21.8 Å². The average Bonchev–Trinajstić information content (AvgIpc) is 3.73. The molecule has 8 aromatic rings. The zero-order chi connectivity index (χ0) is 40.1. The van der Waals surface area contributed by atoms with Crippen molar-refractivity contribution in [3.63, 3.8) is 0 Å². The molecule has 0 aliphatic carbocycles. The van der Waals surface area contributed by atoms with E-state index in [2.05, 4.69) is 51.2 Å². The molecule has 16 heteroatoms. The van der Waals surface area contributed by atoms with Crippen LogP contribution in [0.2, 0.25) is 0 Å². The Morgan fingerprint density at radius 3 is 1.77 bits per heavy atom. The van der Waals surface area contributed by atoms with Crippen LogP contribution in [0.5, 0.6) is 0 Å². The molecular formula is C41H36N12O4. The molecule has 0 aliphatic rings. The lowest BCUT2D eigenvalue weighted by Gasteiger charge is -2.16. The van der Waals surface area contributed by atoms with Gasteiger partial charge in [-0.15, -0.1) is 0 Å². The van der Waals surface area contributed by atoms with Gasteiger partial charge in [0.1, 0.15) is 34.9 Å². The first-order chi connectivity index (χ1) is 27.7. The van der Waals surface area contributed by atoms with Crippen LogP contribution in [0.25, 0.3) is 44.5 Å². The Morgan fingerprint density at radius 2 is 1.21 bits per heavy atom. The number of benzene rings is 3. The van der Waals surface area contributed by atoms with Crippen LogP contribution in [-0.2, 0) is 13.1 Å². The molecule has 0 bridgehead atoms. The third-order valence-electron chi connectivity index (χ3n) is 9.01. The summed E-state index contributed by atoms with van der Waals surface area (Å²) in [5, 5.41) is 31.3. The fourth-order valence-electron chi connectivity index (χ4n) is 6.31. The Hall–Kier alpha value is -7.75. The van der Waals surface area contributed by atoms with Crippen molar-refractivity contribution in [3.05, 3.63) is 135 Å². The van der Waals surface area contributed by atoms with Crippen LogP contribution in [0.4, 0.5) is 22.9 Å². The SMILES string of the molecule is CCn1nc(-c2ccccc2)c(C(C)=O)c(Nc2cnnc3ccccc23)c1=O.CCn1nc(-c2ccccc2)c(C(C)=O)c(Nc2ncnc3[nH]ncc23)c1=O. The van der Waals surface area contributed by atoms with Gasteiger partial charge in [0, 0.05) is 29.6 Å². The molecular weight excluding hydrogens is 725 g/mol. The highest BCUT2D eigenvalue weighted by Gasteiger charge is 2.24. The van der Waals surface area contributed by atoms with Crippen molar-refractivity contribution in [1.29, 1.82) is 0 Å². The number of nitrogens with one attached hydrogen (secondary N) is 3. The van der Waals surface area contributed by atoms with Crippen molar-refractivity contribution in [2.24, 2.45) is 0 Å². The van der Waals surface area contributed by atoms with Gasteiger partial charge in [-0.1, -0.05) is 78.9 Å². The Bertz CT molecular complexity index is 2880. The van der Waals surface area contributed by atoms with Crippen molar-refractivity contribution in [2.45, 2.75) is 40.8 Å². The fraction of sp³-hybridized carbons (Fsp3) is 0.146. The molecule has 16 nitrogen and oxygen atoms in total. The normalized spacial score (nSPS) is 10.9. The second kappa shape index (κ2) is 16.3. The number of aryl methyl sites for hydroxylation is 2. The second-order valence-corrected chi connectivity index (χ2v) is 12.7. The molecule has 3 aromatic carbocycles. The molecule has 0 saturated carbocycles. The minimum Gasteiger partial charge on any atom is -0.348 e. The number of aromatic nitrogens is 10. The molecule has 0 aliphatic heterocycles. The van der Waals surface area contributed by atoms with E-state index in [1.807, 2.05) is 98.8 Å². The van der Waals surface area contributed by atoms with E-state index in [0.717, 1.165) is 16.5 Å². The lowest BCUT2D eigenvalue weighted by atomic mass is 10.0. The summed E-state index contributed by atoms with van der Waals surface area (Å²) >= 11 is 0. The molecule has 0 radical (unpaired) electrons. The Morgan fingerprint density at radius 1 is 0.667 bits per heavy atom. The summed E-state index contributed by atoms with van der Waals surface area (Å²) in [5.74, 6) is -0.136. The Kier molecular flexibility index (Phi) is 10.8. The van der Waals surface area contributed by atoms with Gasteiger partial charge in [-0.05, 0) is 33.8 Å². The molecule has 0 fully saturated rings. The van der Waals surface area contributed by atoms with Gasteiger partial charge in [0.05, 0.1) is 40.1 Å². The number of ketones is 2. The molecule has 284 valence electrons. The van der Waals surface area contributed by atoms with Gasteiger partial charge < -0.3 is 10.6 Å². The number of fused-ring (bicyclic) bond motifs is 2. The maximum absolute atomic E-state index is 13.1. The van der Waals surface area contributed by atoms with Crippen LogP contribution in [-0.4, -0.2) is 61.5 Å². The Balaban J connectivity index is 0.000000174. The summed E-state index contributed by atoms with van der Waals surface area (Å²) in [6.07, 6.45) is 4.46. The largest absolute Gasteiger partial charge is 0.348 e. The maximum Gasteiger partial charge on any atom is 0.291 e. The van der Waals surface area contributed by atoms with Crippen molar-refractivity contribution >= 4 is 56.4 Å². The number of Topliss-reactive ketones (excluding diaryl/α,β-unsaturated/α-hetero) is 2. The van der Waals surface area contributed by atoms with E-state index in [4.69, 9.17) is 0 Å². The second-order valence-electron chi connectivity index (χ2n) is 12.7. The molecule has 0 atom stereocenters. The molecule has 3 N–H and O–H groups in total. The van der Waals surface area contributed by atoms with Crippen LogP contribution in [0.15, 0.2) is 113 Å². The number of anilines is 4. The summed E-state index contributed by atoms with van der Waals surface area (Å²) in [4.78, 5) is 59.6. The molecule has 57 heavy (non-hydrogen) atoms. The predicted octanol–water partition coefficient (Wildman–Crippen LogP) is 6.36. The van der Waals surface area contributed by atoms with Crippen molar-refractivity contribution in [2.75, 3.05) is 10.6 Å².